The van der Waals surface area contributed by atoms with Crippen LogP contribution in [-0.2, 0) is 16.4 Å². The van der Waals surface area contributed by atoms with E-state index in [9.17, 15) is 0 Å². The largest absolute Gasteiger partial charge is 0.495 e. The highest BCUT2D eigenvalue weighted by molar-refractivity contribution is 6.63. The smallest absolute Gasteiger partial charge is 0.399 e. The normalized spacial score (nSPS) is 20.8. The van der Waals surface area contributed by atoms with Gasteiger partial charge in [-0.1, -0.05) is 6.07 Å². The van der Waals surface area contributed by atoms with Crippen LogP contribution in [0.4, 0.5) is 0 Å². The first-order valence-corrected chi connectivity index (χ1v) is 7.00. The highest BCUT2D eigenvalue weighted by Gasteiger charge is 2.52. The Morgan fingerprint density at radius 1 is 1.10 bits per heavy atom. The van der Waals surface area contributed by atoms with Crippen molar-refractivity contribution in [2.45, 2.75) is 45.8 Å². The molecule has 0 spiro atoms. The molecule has 4 nitrogen and oxygen atoms in total. The highest BCUT2D eigenvalue weighted by atomic mass is 16.7. The third-order valence-electron chi connectivity index (χ3n) is 4.62. The fourth-order valence-electron chi connectivity index (χ4n) is 2.59. The maximum Gasteiger partial charge on any atom is 0.495 e. The van der Waals surface area contributed by atoms with Crippen LogP contribution >= 0.6 is 0 Å². The average molecular weight is 272 g/mol. The molecular formula is C15H21BN2O2. The lowest BCUT2D eigenvalue weighted by molar-refractivity contribution is 0.00578. The standard InChI is InChI=1S/C15H21BN2O2/c1-10-11-9-18(6)17-13(11)8-7-12(10)16-19-14(2,3)15(4,5)20-16/h7-9H,1-6H3. The molecule has 1 aliphatic rings. The van der Waals surface area contributed by atoms with Crippen molar-refractivity contribution in [2.75, 3.05) is 0 Å². The number of fused-ring (bicyclic) bond motifs is 1. The van der Waals surface area contributed by atoms with E-state index in [4.69, 9.17) is 9.31 Å². The average Bonchev–Trinajstić information content (AvgIpc) is 2.78. The van der Waals surface area contributed by atoms with Crippen molar-refractivity contribution in [1.29, 1.82) is 0 Å². The number of aryl methyl sites for hydroxylation is 2. The Morgan fingerprint density at radius 2 is 1.70 bits per heavy atom. The van der Waals surface area contributed by atoms with Crippen LogP contribution in [0.5, 0.6) is 0 Å². The molecule has 3 rings (SSSR count). The zero-order valence-corrected chi connectivity index (χ0v) is 13.0. The fraction of sp³-hybridized carbons (Fsp3) is 0.533. The van der Waals surface area contributed by atoms with E-state index in [-0.39, 0.29) is 18.3 Å². The lowest BCUT2D eigenvalue weighted by Crippen LogP contribution is -2.41. The van der Waals surface area contributed by atoms with Crippen molar-refractivity contribution in [1.82, 2.24) is 9.78 Å². The summed E-state index contributed by atoms with van der Waals surface area (Å²) in [6.07, 6.45) is 2.04. The molecule has 0 unspecified atom stereocenters. The van der Waals surface area contributed by atoms with Crippen LogP contribution in [-0.4, -0.2) is 28.1 Å². The van der Waals surface area contributed by atoms with Crippen molar-refractivity contribution in [2.24, 2.45) is 7.05 Å². The number of aromatic nitrogens is 2. The fourth-order valence-corrected chi connectivity index (χ4v) is 2.59. The third kappa shape index (κ3) is 1.88. The van der Waals surface area contributed by atoms with Gasteiger partial charge in [0.05, 0.1) is 16.7 Å². The van der Waals surface area contributed by atoms with Gasteiger partial charge >= 0.3 is 7.12 Å². The zero-order chi connectivity index (χ0) is 14.7. The Labute approximate surface area is 120 Å². The van der Waals surface area contributed by atoms with E-state index in [1.807, 2.05) is 24.0 Å². The van der Waals surface area contributed by atoms with Crippen LogP contribution in [0.15, 0.2) is 18.3 Å². The highest BCUT2D eigenvalue weighted by Crippen LogP contribution is 2.37. The molecule has 1 saturated heterocycles. The predicted molar refractivity (Wildman–Crippen MR) is 81.2 cm³/mol. The van der Waals surface area contributed by atoms with E-state index in [0.717, 1.165) is 16.4 Å². The molecule has 2 heterocycles. The quantitative estimate of drug-likeness (QED) is 0.746. The van der Waals surface area contributed by atoms with E-state index in [0.29, 0.717) is 0 Å². The lowest BCUT2D eigenvalue weighted by atomic mass is 9.75. The molecule has 0 aliphatic carbocycles. The molecule has 5 heteroatoms. The molecule has 1 aromatic carbocycles. The van der Waals surface area contributed by atoms with Gasteiger partial charge < -0.3 is 9.31 Å². The van der Waals surface area contributed by atoms with Crippen molar-refractivity contribution < 1.29 is 9.31 Å². The van der Waals surface area contributed by atoms with Gasteiger partial charge in [-0.2, -0.15) is 5.10 Å². The second-order valence-corrected chi connectivity index (χ2v) is 6.60. The molecule has 0 saturated carbocycles. The van der Waals surface area contributed by atoms with Gasteiger partial charge in [0.15, 0.2) is 0 Å². The number of rotatable bonds is 1. The van der Waals surface area contributed by atoms with E-state index in [1.54, 1.807) is 0 Å². The molecule has 1 fully saturated rings. The number of benzene rings is 1. The summed E-state index contributed by atoms with van der Waals surface area (Å²) in [6, 6.07) is 4.09. The summed E-state index contributed by atoms with van der Waals surface area (Å²) < 4.78 is 14.1. The Hall–Kier alpha value is -1.33. The first-order valence-electron chi connectivity index (χ1n) is 7.00. The maximum absolute atomic E-state index is 6.14. The van der Waals surface area contributed by atoms with Gasteiger partial charge in [0.1, 0.15) is 0 Å². The Balaban J connectivity index is 2.06. The minimum absolute atomic E-state index is 0.312. The second-order valence-electron chi connectivity index (χ2n) is 6.60. The molecule has 0 atom stereocenters. The van der Waals surface area contributed by atoms with Crippen LogP contribution in [0.1, 0.15) is 33.3 Å². The molecule has 0 radical (unpaired) electrons. The van der Waals surface area contributed by atoms with Crippen LogP contribution in [0, 0.1) is 6.92 Å². The summed E-state index contributed by atoms with van der Waals surface area (Å²) in [5.74, 6) is 0. The summed E-state index contributed by atoms with van der Waals surface area (Å²) in [5, 5.41) is 5.59. The summed E-state index contributed by atoms with van der Waals surface area (Å²) in [6.45, 7) is 10.4. The SMILES string of the molecule is Cc1c(B2OC(C)(C)C(C)(C)O2)ccc2nn(C)cc12. The Kier molecular flexibility index (Phi) is 2.79. The van der Waals surface area contributed by atoms with Crippen molar-refractivity contribution in [3.63, 3.8) is 0 Å². The maximum atomic E-state index is 6.14. The van der Waals surface area contributed by atoms with E-state index in [2.05, 4.69) is 45.8 Å². The summed E-state index contributed by atoms with van der Waals surface area (Å²) in [4.78, 5) is 0. The van der Waals surface area contributed by atoms with Crippen molar-refractivity contribution in [3.05, 3.63) is 23.9 Å². The first kappa shape index (κ1) is 13.6. The molecule has 0 amide bonds. The van der Waals surface area contributed by atoms with Gasteiger partial charge in [-0.3, -0.25) is 4.68 Å². The van der Waals surface area contributed by atoms with E-state index >= 15 is 0 Å². The minimum Gasteiger partial charge on any atom is -0.399 e. The summed E-state index contributed by atoms with van der Waals surface area (Å²) in [5.41, 5.74) is 2.64. The first-order chi connectivity index (χ1) is 9.21. The topological polar surface area (TPSA) is 36.3 Å². The second kappa shape index (κ2) is 4.09. The van der Waals surface area contributed by atoms with E-state index < -0.39 is 0 Å². The van der Waals surface area contributed by atoms with Crippen LogP contribution in [0.3, 0.4) is 0 Å². The Morgan fingerprint density at radius 3 is 2.30 bits per heavy atom. The molecule has 20 heavy (non-hydrogen) atoms. The monoisotopic (exact) mass is 272 g/mol. The van der Waals surface area contributed by atoms with Gasteiger partial charge in [-0.05, 0) is 51.7 Å². The molecule has 1 aliphatic heterocycles. The van der Waals surface area contributed by atoms with E-state index in [1.165, 1.54) is 5.56 Å². The molecule has 0 N–H and O–H groups in total. The Bertz CT molecular complexity index is 660. The van der Waals surface area contributed by atoms with Gasteiger partial charge in [-0.25, -0.2) is 0 Å². The third-order valence-corrected chi connectivity index (χ3v) is 4.62. The van der Waals surface area contributed by atoms with Crippen molar-refractivity contribution >= 4 is 23.5 Å². The van der Waals surface area contributed by atoms with Gasteiger partial charge in [0.25, 0.3) is 0 Å². The predicted octanol–water partition coefficient (Wildman–Crippen LogP) is 2.18. The number of nitrogens with zero attached hydrogens (tertiary/aromatic N) is 2. The lowest BCUT2D eigenvalue weighted by Gasteiger charge is -2.32. The number of hydrogen-bond donors (Lipinski definition) is 0. The van der Waals surface area contributed by atoms with Gasteiger partial charge in [0.2, 0.25) is 0 Å². The van der Waals surface area contributed by atoms with Crippen LogP contribution in [0.25, 0.3) is 10.9 Å². The molecule has 0 bridgehead atoms. The minimum atomic E-state index is -0.315. The van der Waals surface area contributed by atoms with Crippen LogP contribution in [0.2, 0.25) is 0 Å². The zero-order valence-electron chi connectivity index (χ0n) is 13.0. The molecule has 1 aromatic heterocycles. The van der Waals surface area contributed by atoms with Crippen LogP contribution < -0.4 is 5.46 Å². The number of hydrogen-bond acceptors (Lipinski definition) is 3. The van der Waals surface area contributed by atoms with Crippen molar-refractivity contribution in [3.8, 4) is 0 Å². The molecule has 2 aromatic rings. The molecule has 106 valence electrons. The summed E-state index contributed by atoms with van der Waals surface area (Å²) in [7, 11) is 1.62. The summed E-state index contributed by atoms with van der Waals surface area (Å²) >= 11 is 0. The van der Waals surface area contributed by atoms with Gasteiger partial charge in [-0.15, -0.1) is 0 Å². The van der Waals surface area contributed by atoms with Gasteiger partial charge in [0, 0.05) is 18.6 Å². The molecular weight excluding hydrogens is 251 g/mol.